The van der Waals surface area contributed by atoms with E-state index in [1.807, 2.05) is 52.8 Å². The van der Waals surface area contributed by atoms with Crippen molar-refractivity contribution in [3.05, 3.63) is 84.1 Å². The Bertz CT molecular complexity index is 3430. The molecule has 2 aromatic heterocycles. The van der Waals surface area contributed by atoms with Crippen LogP contribution in [0.15, 0.2) is 82.8 Å². The molecule has 3 aliphatic rings. The van der Waals surface area contributed by atoms with Crippen molar-refractivity contribution in [1.82, 2.24) is 29.9 Å². The predicted octanol–water partition coefficient (Wildman–Crippen LogP) is 6.06. The van der Waals surface area contributed by atoms with E-state index in [1.54, 1.807) is 12.1 Å². The number of anilines is 2. The molecule has 434 valence electrons. The molecule has 1 amide bonds. The van der Waals surface area contributed by atoms with E-state index in [2.05, 4.69) is 43.5 Å². The summed E-state index contributed by atoms with van der Waals surface area (Å²) in [5, 5.41) is 15.5. The van der Waals surface area contributed by atoms with Crippen LogP contribution in [0.3, 0.4) is 0 Å². The zero-order valence-electron chi connectivity index (χ0n) is 44.0. The van der Waals surface area contributed by atoms with Crippen molar-refractivity contribution in [3.63, 3.8) is 0 Å². The molecule has 79 heavy (non-hydrogen) atoms. The Morgan fingerprint density at radius 2 is 1.53 bits per heavy atom. The van der Waals surface area contributed by atoms with Gasteiger partial charge >= 0.3 is 23.4 Å². The first-order valence-corrected chi connectivity index (χ1v) is 32.7. The fraction of sp³-hybridized carbons (Fsp3) is 0.511. The van der Waals surface area contributed by atoms with Gasteiger partial charge in [-0.25, -0.2) is 33.7 Å². The number of allylic oxidation sites excluding steroid dienone is 4. The number of phosphoric ester groups is 1. The number of hydrogen-bond acceptors (Lipinski definition) is 18. The molecular weight excluding hydrogens is 1140 g/mol. The number of hydrogen-bond donors (Lipinski definition) is 9. The van der Waals surface area contributed by atoms with Gasteiger partial charge in [-0.2, -0.15) is 30.0 Å². The van der Waals surface area contributed by atoms with E-state index < -0.39 is 79.5 Å². The van der Waals surface area contributed by atoms with Crippen LogP contribution in [-0.2, 0) is 67.4 Å². The van der Waals surface area contributed by atoms with E-state index in [-0.39, 0.29) is 46.4 Å². The highest BCUT2D eigenvalue weighted by molar-refractivity contribution is 7.86. The average Bonchev–Trinajstić information content (AvgIpc) is 4.28. The fourth-order valence-corrected chi connectivity index (χ4v) is 14.7. The Balaban J connectivity index is 0.819. The van der Waals surface area contributed by atoms with Gasteiger partial charge in [0.1, 0.15) is 30.7 Å². The molecular formula is C47H67N9O18P3S2+. The molecule has 27 nitrogen and oxygen atoms in total. The van der Waals surface area contributed by atoms with E-state index in [1.165, 1.54) is 41.5 Å². The largest absolute Gasteiger partial charge is 0.489 e. The minimum absolute atomic E-state index is 0.0258. The number of amides is 1. The maximum Gasteiger partial charge on any atom is 0.489 e. The van der Waals surface area contributed by atoms with E-state index >= 15 is 0 Å². The number of carbonyl (C=O) groups is 1. The number of nitrogens with one attached hydrogen (secondary N) is 2. The molecule has 0 spiro atoms. The van der Waals surface area contributed by atoms with Crippen LogP contribution in [0.2, 0.25) is 0 Å². The number of fused-ring (bicyclic) bond motifs is 3. The van der Waals surface area contributed by atoms with Gasteiger partial charge < -0.3 is 40.5 Å². The van der Waals surface area contributed by atoms with Gasteiger partial charge in [0.15, 0.2) is 17.2 Å². The molecule has 3 aliphatic heterocycles. The van der Waals surface area contributed by atoms with Crippen LogP contribution in [0.4, 0.5) is 17.2 Å². The SMILES string of the molecule is CCN1C(=CC=CC2=[N+](CCCCCC(=O)NCCCCCCNP(=O)(O)OP(=O)(O)OP(=O)(O)OC[C@H]3O[C@@H](n4cnc5c(N)ncnc54)C[C@@H]3O)c3ccc(S(=O)(=O)O)cc3C2(C)C)C(C)(C)c2cc(S(=O)(=O)O)ccc21. The molecule has 0 aliphatic carbocycles. The van der Waals surface area contributed by atoms with Crippen LogP contribution in [0.1, 0.15) is 110 Å². The summed E-state index contributed by atoms with van der Waals surface area (Å²) in [7, 11) is -25.1. The van der Waals surface area contributed by atoms with Gasteiger partial charge in [-0.05, 0) is 88.4 Å². The normalized spacial score (nSPS) is 21.8. The van der Waals surface area contributed by atoms with Crippen LogP contribution in [0.5, 0.6) is 0 Å². The first kappa shape index (κ1) is 62.0. The topological polar surface area (TPSA) is 395 Å². The third-order valence-electron chi connectivity index (χ3n) is 13.9. The van der Waals surface area contributed by atoms with Crippen LogP contribution in [0, 0.1) is 0 Å². The average molecular weight is 1200 g/mol. The standard InChI is InChI=1S/C47H66N9O18P3S2/c1-6-54-35-20-18-31(78(65,66)67)25-33(35)46(2,3)39(54)15-14-16-40-47(4,5)34-26-32(79(68,69)70)19-21-36(34)55(40)24-13-9-10-17-41(58)49-22-11-7-8-12-23-53-75(59,60)73-77(63,64)74-76(61,62)71-28-38-37(57)27-42(72-38)56-30-52-43-44(48)50-29-51-45(43)56/h14-16,18-21,25-26,29-30,37-38,42,57H,6-13,17,22-24,27-28H2,1-5H3,(H8-,48,49,50,51,53,58,59,60,61,62,63,64,65,66,67,68,69,70)/p+1/t37-,38+,42+/m0/s1. The molecule has 3 unspecified atom stereocenters. The minimum Gasteiger partial charge on any atom is -0.390 e. The number of nitrogen functional groups attached to an aromatic ring is 1. The van der Waals surface area contributed by atoms with Crippen LogP contribution in [0.25, 0.3) is 11.2 Å². The maximum atomic E-state index is 12.7. The van der Waals surface area contributed by atoms with Gasteiger partial charge in [-0.3, -0.25) is 23.0 Å². The molecule has 0 bridgehead atoms. The monoisotopic (exact) mass is 1200 g/mol. The number of aliphatic hydroxyl groups excluding tert-OH is 1. The minimum atomic E-state index is -5.69. The maximum absolute atomic E-state index is 12.7. The third-order valence-corrected chi connectivity index (χ3v) is 20.1. The number of nitrogens with two attached hydrogens (primary N) is 1. The second-order valence-electron chi connectivity index (χ2n) is 20.2. The number of imidazole rings is 1. The Morgan fingerprint density at radius 3 is 2.22 bits per heavy atom. The highest BCUT2D eigenvalue weighted by atomic mass is 32.2. The lowest BCUT2D eigenvalue weighted by Crippen LogP contribution is -2.28. The van der Waals surface area contributed by atoms with Gasteiger partial charge in [0.25, 0.3) is 20.2 Å². The number of likely N-dealkylation sites (N-methyl/N-ethyl adjacent to an activating group) is 1. The van der Waals surface area contributed by atoms with Gasteiger partial charge in [0, 0.05) is 73.4 Å². The van der Waals surface area contributed by atoms with Crippen molar-refractivity contribution in [2.24, 2.45) is 0 Å². The second-order valence-corrected chi connectivity index (χ2v) is 27.8. The molecule has 6 atom stereocenters. The van der Waals surface area contributed by atoms with Gasteiger partial charge in [-0.15, -0.1) is 0 Å². The van der Waals surface area contributed by atoms with Gasteiger partial charge in [0.2, 0.25) is 11.6 Å². The number of unbranched alkanes of at least 4 members (excludes halogenated alkanes) is 5. The van der Waals surface area contributed by atoms with E-state index in [0.717, 1.165) is 28.3 Å². The number of nitrogens with zero attached hydrogens (tertiary/aromatic N) is 6. The molecule has 10 N–H and O–H groups in total. The summed E-state index contributed by atoms with van der Waals surface area (Å²) in [5.41, 5.74) is 9.86. The molecule has 1 fully saturated rings. The van der Waals surface area contributed by atoms with Crippen LogP contribution < -0.4 is 21.0 Å². The molecule has 4 aromatic rings. The zero-order chi connectivity index (χ0) is 57.9. The fourth-order valence-electron chi connectivity index (χ4n) is 9.94. The number of aromatic nitrogens is 4. The number of benzene rings is 2. The zero-order valence-corrected chi connectivity index (χ0v) is 48.3. The molecule has 32 heteroatoms. The summed E-state index contributed by atoms with van der Waals surface area (Å²) in [6.07, 6.45) is 9.28. The third kappa shape index (κ3) is 14.9. The quantitative estimate of drug-likeness (QED) is 0.0142. The summed E-state index contributed by atoms with van der Waals surface area (Å²) in [6, 6.07) is 9.07. The summed E-state index contributed by atoms with van der Waals surface area (Å²) >= 11 is 0. The number of ether oxygens (including phenoxy) is 1. The Kier molecular flexibility index (Phi) is 19.2. The van der Waals surface area contributed by atoms with E-state index in [9.17, 15) is 64.2 Å². The first-order valence-electron chi connectivity index (χ1n) is 25.2. The van der Waals surface area contributed by atoms with Crippen LogP contribution >= 0.6 is 23.4 Å². The smallest absolute Gasteiger partial charge is 0.390 e. The number of phosphoric acid groups is 2. The Hall–Kier alpha value is -4.64. The number of aliphatic hydroxyl groups is 1. The van der Waals surface area contributed by atoms with Gasteiger partial charge in [-0.1, -0.05) is 32.8 Å². The summed E-state index contributed by atoms with van der Waals surface area (Å²) in [5.74, 6) is -0.0334. The molecule has 0 radical (unpaired) electrons. The Labute approximate surface area is 457 Å². The lowest BCUT2D eigenvalue weighted by molar-refractivity contribution is -0.438. The molecule has 7 rings (SSSR count). The number of carbonyl (C=O) groups excluding carboxylic acids is 1. The van der Waals surface area contributed by atoms with Crippen molar-refractivity contribution < 1.29 is 86.7 Å². The lowest BCUT2D eigenvalue weighted by atomic mass is 9.81. The van der Waals surface area contributed by atoms with Crippen molar-refractivity contribution in [2.45, 2.75) is 131 Å². The van der Waals surface area contributed by atoms with Crippen molar-refractivity contribution in [1.29, 1.82) is 0 Å². The highest BCUT2D eigenvalue weighted by Crippen LogP contribution is 2.66. The predicted molar refractivity (Wildman–Crippen MR) is 288 cm³/mol. The van der Waals surface area contributed by atoms with Crippen molar-refractivity contribution >= 4 is 83.6 Å². The first-order chi connectivity index (χ1) is 36.8. The van der Waals surface area contributed by atoms with Crippen molar-refractivity contribution in [2.75, 3.05) is 43.4 Å². The van der Waals surface area contributed by atoms with E-state index in [4.69, 9.17) is 15.0 Å². The summed E-state index contributed by atoms with van der Waals surface area (Å²) in [6.45, 7) is 10.4. The second kappa shape index (κ2) is 24.4. The number of rotatable bonds is 27. The van der Waals surface area contributed by atoms with E-state index in [0.29, 0.717) is 75.8 Å². The van der Waals surface area contributed by atoms with Gasteiger partial charge in [0.05, 0.1) is 34.2 Å². The van der Waals surface area contributed by atoms with Crippen molar-refractivity contribution in [3.8, 4) is 0 Å². The van der Waals surface area contributed by atoms with Crippen LogP contribution in [-0.4, -0.2) is 126 Å². The molecule has 0 saturated carbocycles. The lowest BCUT2D eigenvalue weighted by Gasteiger charge is -2.25. The molecule has 5 heterocycles. The Morgan fingerprint density at radius 1 is 0.873 bits per heavy atom. The summed E-state index contributed by atoms with van der Waals surface area (Å²) in [4.78, 5) is 56.7. The molecule has 1 saturated heterocycles. The molecule has 2 aromatic carbocycles. The highest BCUT2D eigenvalue weighted by Gasteiger charge is 2.46. The summed E-state index contributed by atoms with van der Waals surface area (Å²) < 4.78 is 128.